The lowest BCUT2D eigenvalue weighted by Crippen LogP contribution is -2.06. The van der Waals surface area contributed by atoms with Crippen molar-refractivity contribution in [3.05, 3.63) is 12.2 Å². The zero-order chi connectivity index (χ0) is 14.4. The van der Waals surface area contributed by atoms with Crippen LogP contribution in [-0.2, 0) is 14.3 Å². The molecule has 0 aromatic rings. The van der Waals surface area contributed by atoms with Crippen molar-refractivity contribution >= 4 is 5.97 Å². The molecular weight excluding hydrogens is 232 g/mol. The van der Waals surface area contributed by atoms with Crippen molar-refractivity contribution < 1.29 is 19.4 Å². The van der Waals surface area contributed by atoms with E-state index < -0.39 is 5.97 Å². The van der Waals surface area contributed by atoms with Crippen LogP contribution < -0.4 is 0 Å². The Kier molecular flexibility index (Phi) is 15.4. The Morgan fingerprint density at radius 2 is 1.83 bits per heavy atom. The summed E-state index contributed by atoms with van der Waals surface area (Å²) in [5, 5.41) is 8.18. The monoisotopic (exact) mass is 260 g/mol. The van der Waals surface area contributed by atoms with Gasteiger partial charge in [-0.15, -0.1) is 0 Å². The highest BCUT2D eigenvalue weighted by molar-refractivity contribution is 5.68. The van der Waals surface area contributed by atoms with Crippen LogP contribution >= 0.6 is 0 Å². The van der Waals surface area contributed by atoms with Gasteiger partial charge in [-0.2, -0.15) is 0 Å². The highest BCUT2D eigenvalue weighted by Gasteiger charge is 1.91. The molecule has 0 heterocycles. The predicted octanol–water partition coefficient (Wildman–Crippen LogP) is 2.98. The zero-order valence-corrected chi connectivity index (χ0v) is 12.3. The molecule has 0 bridgehead atoms. The third-order valence-electron chi connectivity index (χ3n) is 1.70. The molecule has 0 saturated carbocycles. The van der Waals surface area contributed by atoms with Gasteiger partial charge in [-0.1, -0.05) is 39.8 Å². The van der Waals surface area contributed by atoms with E-state index in [2.05, 4.69) is 13.8 Å². The molecule has 0 amide bonds. The summed E-state index contributed by atoms with van der Waals surface area (Å²) in [7, 11) is 1.68. The molecule has 0 aromatic carbocycles. The smallest absolute Gasteiger partial charge is 0.307 e. The second-order valence-electron chi connectivity index (χ2n) is 4.73. The molecule has 0 atom stereocenters. The van der Waals surface area contributed by atoms with Crippen LogP contribution in [0.25, 0.3) is 0 Å². The second-order valence-corrected chi connectivity index (χ2v) is 4.73. The number of methoxy groups -OCH3 is 1. The molecule has 1 N–H and O–H groups in total. The van der Waals surface area contributed by atoms with E-state index in [1.807, 2.05) is 19.9 Å². The second kappa shape index (κ2) is 14.2. The van der Waals surface area contributed by atoms with Gasteiger partial charge in [-0.05, 0) is 11.8 Å². The fourth-order valence-electron chi connectivity index (χ4n) is 0.902. The van der Waals surface area contributed by atoms with Crippen LogP contribution in [0.3, 0.4) is 0 Å². The number of carboxylic acids is 1. The fourth-order valence-corrected chi connectivity index (χ4v) is 0.902. The van der Waals surface area contributed by atoms with E-state index in [0.717, 1.165) is 6.61 Å². The van der Waals surface area contributed by atoms with Crippen molar-refractivity contribution in [2.45, 2.75) is 34.1 Å². The number of hydrogen-bond acceptors (Lipinski definition) is 3. The van der Waals surface area contributed by atoms with Crippen molar-refractivity contribution in [1.29, 1.82) is 0 Å². The molecule has 4 nitrogen and oxygen atoms in total. The van der Waals surface area contributed by atoms with Gasteiger partial charge >= 0.3 is 5.97 Å². The van der Waals surface area contributed by atoms with Gasteiger partial charge in [-0.3, -0.25) is 4.79 Å². The Balaban J connectivity index is 0. The van der Waals surface area contributed by atoms with Gasteiger partial charge in [0.1, 0.15) is 0 Å². The van der Waals surface area contributed by atoms with E-state index in [4.69, 9.17) is 14.6 Å². The fraction of sp³-hybridized carbons (Fsp3) is 0.786. The van der Waals surface area contributed by atoms with Crippen molar-refractivity contribution in [3.63, 3.8) is 0 Å². The Morgan fingerprint density at radius 3 is 2.22 bits per heavy atom. The molecule has 0 unspecified atom stereocenters. The largest absolute Gasteiger partial charge is 0.481 e. The molecule has 0 saturated heterocycles. The summed E-state index contributed by atoms with van der Waals surface area (Å²) in [6.45, 7) is 10.5. The highest BCUT2D eigenvalue weighted by atomic mass is 16.5. The van der Waals surface area contributed by atoms with E-state index in [1.54, 1.807) is 13.2 Å². The summed E-state index contributed by atoms with van der Waals surface area (Å²) >= 11 is 0. The first-order chi connectivity index (χ1) is 8.40. The van der Waals surface area contributed by atoms with Gasteiger partial charge in [0, 0.05) is 13.7 Å². The van der Waals surface area contributed by atoms with E-state index in [0.29, 0.717) is 25.0 Å². The Bertz CT molecular complexity index is 210. The van der Waals surface area contributed by atoms with Crippen molar-refractivity contribution in [2.24, 2.45) is 11.8 Å². The Hall–Kier alpha value is -0.870. The molecule has 4 heteroatoms. The molecule has 0 spiro atoms. The van der Waals surface area contributed by atoms with Crippen molar-refractivity contribution in [3.8, 4) is 0 Å². The van der Waals surface area contributed by atoms with Crippen LogP contribution in [-0.4, -0.2) is 38.0 Å². The molecule has 0 fully saturated rings. The van der Waals surface area contributed by atoms with Crippen LogP contribution in [0, 0.1) is 11.8 Å². The standard InChI is InChI=1S/C7H16O2.C7H12O2/c1-7(2)6-9-5-4-8-3;1-6(2)4-3-5-7(8)9/h7H,4-6H2,1-3H3;3-4,6H,5H2,1-2H3,(H,8,9)/b;4-3+. The molecule has 0 aliphatic heterocycles. The molecule has 0 rings (SSSR count). The molecular formula is C14H28O4. The summed E-state index contributed by atoms with van der Waals surface area (Å²) in [5.41, 5.74) is 0. The SMILES string of the molecule is CC(C)/C=C/CC(=O)O.COCCOCC(C)C. The molecule has 0 aliphatic rings. The van der Waals surface area contributed by atoms with Crippen LogP contribution in [0.5, 0.6) is 0 Å². The van der Waals surface area contributed by atoms with Gasteiger partial charge in [0.25, 0.3) is 0 Å². The predicted molar refractivity (Wildman–Crippen MR) is 73.8 cm³/mol. The number of carbonyl (C=O) groups is 1. The minimum absolute atomic E-state index is 0.137. The number of carboxylic acid groups (broad SMARTS) is 1. The van der Waals surface area contributed by atoms with Crippen LogP contribution in [0.2, 0.25) is 0 Å². The van der Waals surface area contributed by atoms with Crippen LogP contribution in [0.15, 0.2) is 12.2 Å². The summed E-state index contributed by atoms with van der Waals surface area (Å²) < 4.78 is 10.0. The van der Waals surface area contributed by atoms with E-state index in [1.165, 1.54) is 0 Å². The van der Waals surface area contributed by atoms with Crippen molar-refractivity contribution in [1.82, 2.24) is 0 Å². The van der Waals surface area contributed by atoms with Gasteiger partial charge in [0.05, 0.1) is 19.6 Å². The number of hydrogen-bond donors (Lipinski definition) is 1. The minimum atomic E-state index is -0.771. The third-order valence-corrected chi connectivity index (χ3v) is 1.70. The highest BCUT2D eigenvalue weighted by Crippen LogP contribution is 1.94. The number of allylic oxidation sites excluding steroid dienone is 1. The maximum Gasteiger partial charge on any atom is 0.307 e. The van der Waals surface area contributed by atoms with Crippen molar-refractivity contribution in [2.75, 3.05) is 26.9 Å². The summed E-state index contributed by atoms with van der Waals surface area (Å²) in [5.74, 6) is 0.304. The maximum absolute atomic E-state index is 9.93. The molecule has 0 aromatic heterocycles. The lowest BCUT2D eigenvalue weighted by atomic mass is 10.2. The Morgan fingerprint density at radius 1 is 1.22 bits per heavy atom. The molecule has 0 radical (unpaired) electrons. The first kappa shape index (κ1) is 19.5. The maximum atomic E-state index is 9.93. The van der Waals surface area contributed by atoms with Crippen LogP contribution in [0.4, 0.5) is 0 Å². The zero-order valence-electron chi connectivity index (χ0n) is 12.3. The first-order valence-electron chi connectivity index (χ1n) is 6.35. The molecule has 108 valence electrons. The van der Waals surface area contributed by atoms with Gasteiger partial charge < -0.3 is 14.6 Å². The van der Waals surface area contributed by atoms with Gasteiger partial charge in [-0.25, -0.2) is 0 Å². The van der Waals surface area contributed by atoms with Crippen LogP contribution in [0.1, 0.15) is 34.1 Å². The lowest BCUT2D eigenvalue weighted by Gasteiger charge is -2.04. The Labute approximate surface area is 111 Å². The third kappa shape index (κ3) is 24.4. The average molecular weight is 260 g/mol. The topological polar surface area (TPSA) is 55.8 Å². The molecule has 18 heavy (non-hydrogen) atoms. The normalized spacial score (nSPS) is 10.8. The quantitative estimate of drug-likeness (QED) is 0.538. The van der Waals surface area contributed by atoms with E-state index in [-0.39, 0.29) is 6.42 Å². The van der Waals surface area contributed by atoms with Gasteiger partial charge in [0.2, 0.25) is 0 Å². The number of aliphatic carboxylic acids is 1. The summed E-state index contributed by atoms with van der Waals surface area (Å²) in [4.78, 5) is 9.93. The first-order valence-corrected chi connectivity index (χ1v) is 6.35. The summed E-state index contributed by atoms with van der Waals surface area (Å²) in [6.07, 6.45) is 3.69. The average Bonchev–Trinajstić information content (AvgIpc) is 2.24. The lowest BCUT2D eigenvalue weighted by molar-refractivity contribution is -0.136. The van der Waals surface area contributed by atoms with E-state index in [9.17, 15) is 4.79 Å². The summed E-state index contributed by atoms with van der Waals surface area (Å²) in [6, 6.07) is 0. The molecule has 0 aliphatic carbocycles. The number of ether oxygens (including phenoxy) is 2. The minimum Gasteiger partial charge on any atom is -0.481 e. The van der Waals surface area contributed by atoms with Gasteiger partial charge in [0.15, 0.2) is 0 Å². The van der Waals surface area contributed by atoms with E-state index >= 15 is 0 Å². The number of rotatable bonds is 8.